The summed E-state index contributed by atoms with van der Waals surface area (Å²) in [6, 6.07) is 7.67. The number of likely N-dealkylation sites (N-methyl/N-ethyl adjacent to an activating group) is 1. The van der Waals surface area contributed by atoms with Crippen LogP contribution in [0.5, 0.6) is 0 Å². The number of fused-ring (bicyclic) bond motifs is 4. The van der Waals surface area contributed by atoms with E-state index in [1.54, 1.807) is 11.1 Å². The molecule has 3 heterocycles. The van der Waals surface area contributed by atoms with Gasteiger partial charge in [-0.2, -0.15) is 5.10 Å². The number of benzene rings is 1. The summed E-state index contributed by atoms with van der Waals surface area (Å²) >= 11 is 0. The lowest BCUT2D eigenvalue weighted by Gasteiger charge is -2.31. The van der Waals surface area contributed by atoms with Gasteiger partial charge in [0.05, 0.1) is 6.20 Å². The molecule has 2 aliphatic heterocycles. The number of H-pyrrole nitrogens is 1. The maximum atomic E-state index is 13.1. The number of hydrogen-bond acceptors (Lipinski definition) is 3. The Morgan fingerprint density at radius 3 is 2.90 bits per heavy atom. The highest BCUT2D eigenvalue weighted by Gasteiger charge is 2.56. The predicted octanol–water partition coefficient (Wildman–Crippen LogP) is 1.40. The van der Waals surface area contributed by atoms with Crippen molar-refractivity contribution < 1.29 is 9.59 Å². The van der Waals surface area contributed by atoms with Gasteiger partial charge in [-0.3, -0.25) is 14.7 Å². The minimum Gasteiger partial charge on any atom is -0.311 e. The van der Waals surface area contributed by atoms with E-state index in [-0.39, 0.29) is 18.2 Å². The van der Waals surface area contributed by atoms with Gasteiger partial charge in [-0.25, -0.2) is 0 Å². The zero-order valence-corrected chi connectivity index (χ0v) is 11.5. The second-order valence-corrected chi connectivity index (χ2v) is 5.36. The number of aromatic nitrogens is 2. The summed E-state index contributed by atoms with van der Waals surface area (Å²) in [6.07, 6.45) is 1.76. The Balaban J connectivity index is 2.05. The first kappa shape index (κ1) is 12.1. The highest BCUT2D eigenvalue weighted by atomic mass is 16.2. The van der Waals surface area contributed by atoms with Crippen molar-refractivity contribution in [3.8, 4) is 0 Å². The fourth-order valence-corrected chi connectivity index (χ4v) is 3.49. The Hall–Kier alpha value is -2.63. The van der Waals surface area contributed by atoms with E-state index < -0.39 is 5.41 Å². The largest absolute Gasteiger partial charge is 0.311 e. The van der Waals surface area contributed by atoms with Crippen LogP contribution >= 0.6 is 0 Å². The van der Waals surface area contributed by atoms with Crippen LogP contribution < -0.4 is 10.2 Å². The van der Waals surface area contributed by atoms with Crippen molar-refractivity contribution in [2.45, 2.75) is 18.8 Å². The van der Waals surface area contributed by atoms with Crippen LogP contribution in [0.2, 0.25) is 0 Å². The van der Waals surface area contributed by atoms with Gasteiger partial charge in [0.2, 0.25) is 11.8 Å². The minimum atomic E-state index is -0.947. The molecule has 2 aromatic rings. The third-order valence-electron chi connectivity index (χ3n) is 4.37. The van der Waals surface area contributed by atoms with Gasteiger partial charge in [0, 0.05) is 24.2 Å². The van der Waals surface area contributed by atoms with Gasteiger partial charge >= 0.3 is 0 Å². The van der Waals surface area contributed by atoms with Crippen molar-refractivity contribution in [1.29, 1.82) is 0 Å². The van der Waals surface area contributed by atoms with Crippen molar-refractivity contribution in [2.24, 2.45) is 0 Å². The molecular formula is C15H14N4O2. The standard InChI is InChI=1S/C15H14N4O2/c1-2-19-11-6-4-3-5-9(11)15(14(19)21)7-12(20)17-13-10(15)8-16-18-13/h3-6,8H,2,7H2,1H3,(H2,16,17,18,20)/t15-/m1/s1. The van der Waals surface area contributed by atoms with Gasteiger partial charge in [0.15, 0.2) is 0 Å². The van der Waals surface area contributed by atoms with Crippen LogP contribution in [0.15, 0.2) is 30.5 Å². The fraction of sp³-hybridized carbons (Fsp3) is 0.267. The van der Waals surface area contributed by atoms with E-state index in [0.717, 1.165) is 16.8 Å². The van der Waals surface area contributed by atoms with Crippen LogP contribution in [-0.2, 0) is 15.0 Å². The number of carbonyl (C=O) groups is 2. The molecule has 2 aliphatic rings. The summed E-state index contributed by atoms with van der Waals surface area (Å²) in [5.74, 6) is 0.295. The molecule has 0 unspecified atom stereocenters. The van der Waals surface area contributed by atoms with E-state index in [4.69, 9.17) is 0 Å². The Bertz CT molecular complexity index is 767. The zero-order chi connectivity index (χ0) is 14.6. The average Bonchev–Trinajstić information content (AvgIpc) is 3.03. The average molecular weight is 282 g/mol. The smallest absolute Gasteiger partial charge is 0.242 e. The molecule has 0 saturated heterocycles. The van der Waals surface area contributed by atoms with Gasteiger partial charge in [-0.05, 0) is 18.6 Å². The van der Waals surface area contributed by atoms with Gasteiger partial charge in [0.1, 0.15) is 11.2 Å². The Labute approximate surface area is 121 Å². The number of anilines is 2. The summed E-state index contributed by atoms with van der Waals surface area (Å²) in [7, 11) is 0. The van der Waals surface area contributed by atoms with Crippen molar-refractivity contribution >= 4 is 23.3 Å². The van der Waals surface area contributed by atoms with Crippen LogP contribution in [0.4, 0.5) is 11.5 Å². The molecule has 1 aromatic carbocycles. The van der Waals surface area contributed by atoms with Crippen molar-refractivity contribution in [3.05, 3.63) is 41.6 Å². The first-order chi connectivity index (χ1) is 10.2. The molecule has 2 N–H and O–H groups in total. The van der Waals surface area contributed by atoms with Gasteiger partial charge in [-0.1, -0.05) is 18.2 Å². The molecule has 0 aliphatic carbocycles. The molecule has 6 nitrogen and oxygen atoms in total. The molecule has 1 spiro atoms. The summed E-state index contributed by atoms with van der Waals surface area (Å²) < 4.78 is 0. The fourth-order valence-electron chi connectivity index (χ4n) is 3.49. The zero-order valence-electron chi connectivity index (χ0n) is 11.5. The van der Waals surface area contributed by atoms with E-state index in [9.17, 15) is 9.59 Å². The Morgan fingerprint density at radius 2 is 2.10 bits per heavy atom. The van der Waals surface area contributed by atoms with E-state index in [1.807, 2.05) is 31.2 Å². The first-order valence-electron chi connectivity index (χ1n) is 6.93. The van der Waals surface area contributed by atoms with Crippen molar-refractivity contribution in [3.63, 3.8) is 0 Å². The molecule has 2 amide bonds. The number of aromatic amines is 1. The second kappa shape index (κ2) is 3.94. The molecule has 1 aromatic heterocycles. The molecule has 0 saturated carbocycles. The van der Waals surface area contributed by atoms with E-state index >= 15 is 0 Å². The lowest BCUT2D eigenvalue weighted by Crippen LogP contribution is -2.46. The van der Waals surface area contributed by atoms with Crippen LogP contribution in [0.3, 0.4) is 0 Å². The number of para-hydroxylation sites is 1. The Morgan fingerprint density at radius 1 is 1.29 bits per heavy atom. The van der Waals surface area contributed by atoms with Gasteiger partial charge in [0.25, 0.3) is 0 Å². The molecule has 6 heteroatoms. The molecule has 4 rings (SSSR count). The number of carbonyl (C=O) groups excluding carboxylic acids is 2. The first-order valence-corrected chi connectivity index (χ1v) is 6.93. The van der Waals surface area contributed by atoms with Crippen LogP contribution in [-0.4, -0.2) is 28.6 Å². The lowest BCUT2D eigenvalue weighted by molar-refractivity contribution is -0.126. The lowest BCUT2D eigenvalue weighted by atomic mass is 9.72. The third kappa shape index (κ3) is 1.34. The third-order valence-corrected chi connectivity index (χ3v) is 4.37. The summed E-state index contributed by atoms with van der Waals surface area (Å²) in [6.45, 7) is 2.51. The quantitative estimate of drug-likeness (QED) is 0.830. The minimum absolute atomic E-state index is 0.0521. The van der Waals surface area contributed by atoms with E-state index in [2.05, 4.69) is 15.5 Å². The molecule has 106 valence electrons. The van der Waals surface area contributed by atoms with Crippen LogP contribution in [0.1, 0.15) is 24.5 Å². The molecule has 21 heavy (non-hydrogen) atoms. The van der Waals surface area contributed by atoms with Crippen LogP contribution in [0.25, 0.3) is 0 Å². The van der Waals surface area contributed by atoms with Crippen molar-refractivity contribution in [1.82, 2.24) is 10.2 Å². The number of hydrogen-bond donors (Lipinski definition) is 2. The van der Waals surface area contributed by atoms with E-state index in [0.29, 0.717) is 12.4 Å². The summed E-state index contributed by atoms with van der Waals surface area (Å²) in [5, 5.41) is 9.52. The Kier molecular flexibility index (Phi) is 2.28. The maximum Gasteiger partial charge on any atom is 0.242 e. The normalized spacial score (nSPS) is 23.2. The molecular weight excluding hydrogens is 268 g/mol. The highest BCUT2D eigenvalue weighted by molar-refractivity contribution is 6.15. The molecule has 0 fully saturated rings. The van der Waals surface area contributed by atoms with Gasteiger partial charge in [-0.15, -0.1) is 0 Å². The summed E-state index contributed by atoms with van der Waals surface area (Å²) in [4.78, 5) is 26.9. The highest BCUT2D eigenvalue weighted by Crippen LogP contribution is 2.51. The monoisotopic (exact) mass is 282 g/mol. The van der Waals surface area contributed by atoms with Crippen LogP contribution in [0, 0.1) is 0 Å². The number of amides is 2. The molecule has 0 radical (unpaired) electrons. The number of nitrogens with zero attached hydrogens (tertiary/aromatic N) is 2. The second-order valence-electron chi connectivity index (χ2n) is 5.36. The van der Waals surface area contributed by atoms with Gasteiger partial charge < -0.3 is 10.2 Å². The van der Waals surface area contributed by atoms with Crippen molar-refractivity contribution in [2.75, 3.05) is 16.8 Å². The topological polar surface area (TPSA) is 78.1 Å². The number of rotatable bonds is 1. The maximum absolute atomic E-state index is 13.1. The number of nitrogens with one attached hydrogen (secondary N) is 2. The summed E-state index contributed by atoms with van der Waals surface area (Å²) in [5.41, 5.74) is 1.56. The SMILES string of the molecule is CCN1C(=O)[C@]2(CC(=O)Nc3[nH]ncc32)c2ccccc21. The van der Waals surface area contributed by atoms with E-state index in [1.165, 1.54) is 0 Å². The predicted molar refractivity (Wildman–Crippen MR) is 77.1 cm³/mol. The molecule has 1 atom stereocenters. The molecule has 0 bridgehead atoms.